The SMILES string of the molecule is O=C(Oc1ccc([S+]2CCCC2)c2ccccc12)C12CC3CC(CC(C3)C1)C2.O=C(Oc1ccc([S+]2CCCC2)c2ccccc12)C1CC2CCC1C2.O=C(Oc1ccc([S+]2CCCCC2)c2ccccc12)C12CC3CC(CC(C3)C1)C2.O=C(Oc1ccc([S+]2CCCCC2)c2ccccc12)C1CC2CCC1C2. The van der Waals surface area contributed by atoms with Crippen LogP contribution < -0.4 is 18.9 Å². The van der Waals surface area contributed by atoms with Crippen molar-refractivity contribution < 1.29 is 38.1 Å². The first-order chi connectivity index (χ1) is 53.0. The van der Waals surface area contributed by atoms with Gasteiger partial charge in [-0.1, -0.05) is 85.6 Å². The second-order valence-corrected chi connectivity index (χ2v) is 45.1. The normalized spacial score (nSPS) is 31.5. The van der Waals surface area contributed by atoms with E-state index in [9.17, 15) is 19.2 Å². The molecule has 8 aromatic rings. The van der Waals surface area contributed by atoms with Crippen LogP contribution in [-0.4, -0.2) is 69.9 Å². The molecular weight excluding hydrogens is 1410 g/mol. The van der Waals surface area contributed by atoms with Crippen LogP contribution in [0.25, 0.3) is 43.1 Å². The first-order valence-corrected chi connectivity index (χ1v) is 48.9. The summed E-state index contributed by atoms with van der Waals surface area (Å²) in [6, 6.07) is 51.4. The van der Waals surface area contributed by atoms with Gasteiger partial charge in [0.15, 0.2) is 19.6 Å². The lowest BCUT2D eigenvalue weighted by Crippen LogP contribution is -2.51. The number of rotatable bonds is 12. The minimum Gasteiger partial charge on any atom is -0.426 e. The second kappa shape index (κ2) is 31.2. The molecule has 6 atom stereocenters. The fourth-order valence-corrected chi connectivity index (χ4v) is 34.8. The molecule has 0 N–H and O–H groups in total. The minimum atomic E-state index is -0.195. The molecule has 8 aromatic carbocycles. The van der Waals surface area contributed by atoms with Gasteiger partial charge in [0.05, 0.1) is 22.7 Å². The molecule has 108 heavy (non-hydrogen) atoms. The van der Waals surface area contributed by atoms with Crippen molar-refractivity contribution in [1.29, 1.82) is 0 Å². The molecule has 4 saturated heterocycles. The van der Waals surface area contributed by atoms with Gasteiger partial charge >= 0.3 is 23.9 Å². The maximum atomic E-state index is 13.5. The fraction of sp³-hybridized carbons (Fsp3) is 0.542. The molecule has 6 unspecified atom stereocenters. The third-order valence-electron chi connectivity index (χ3n) is 29.1. The van der Waals surface area contributed by atoms with Crippen LogP contribution in [0, 0.1) is 81.8 Å². The fourth-order valence-electron chi connectivity index (χ4n) is 24.8. The smallest absolute Gasteiger partial charge is 0.317 e. The van der Waals surface area contributed by atoms with E-state index in [1.807, 2.05) is 6.07 Å². The molecule has 24 rings (SSSR count). The molecule has 16 fully saturated rings. The highest BCUT2D eigenvalue weighted by atomic mass is 32.2. The summed E-state index contributed by atoms with van der Waals surface area (Å²) in [5.74, 6) is 21.3. The van der Waals surface area contributed by atoms with Crippen LogP contribution in [0.5, 0.6) is 23.0 Å². The predicted octanol–water partition coefficient (Wildman–Crippen LogP) is 22.2. The molecule has 0 amide bonds. The first kappa shape index (κ1) is 72.3. The van der Waals surface area contributed by atoms with Crippen molar-refractivity contribution >= 4 is 111 Å². The van der Waals surface area contributed by atoms with Gasteiger partial charge in [-0.2, -0.15) is 0 Å². The summed E-state index contributed by atoms with van der Waals surface area (Å²) < 4.78 is 24.3. The Morgan fingerprint density at radius 1 is 0.259 bits per heavy atom. The number of ether oxygens (including phenoxy) is 4. The van der Waals surface area contributed by atoms with Crippen LogP contribution in [0.3, 0.4) is 0 Å². The summed E-state index contributed by atoms with van der Waals surface area (Å²) >= 11 is 0. The molecule has 12 heteroatoms. The Kier molecular flexibility index (Phi) is 20.9. The van der Waals surface area contributed by atoms with Crippen molar-refractivity contribution in [3.05, 3.63) is 146 Å². The quantitative estimate of drug-likeness (QED) is 0.0677. The topological polar surface area (TPSA) is 105 Å². The van der Waals surface area contributed by atoms with Gasteiger partial charge in [-0.15, -0.1) is 0 Å². The third kappa shape index (κ3) is 14.5. The van der Waals surface area contributed by atoms with Gasteiger partial charge in [-0.3, -0.25) is 19.2 Å². The van der Waals surface area contributed by atoms with Crippen LogP contribution >= 0.6 is 0 Å². The molecule has 8 nitrogen and oxygen atoms in total. The summed E-state index contributed by atoms with van der Waals surface area (Å²) in [5.41, 5.74) is -0.388. The van der Waals surface area contributed by atoms with Crippen molar-refractivity contribution in [1.82, 2.24) is 0 Å². The average molecular weight is 1520 g/mol. The summed E-state index contributed by atoms with van der Waals surface area (Å²) in [6.07, 6.45) is 37.7. The van der Waals surface area contributed by atoms with Crippen molar-refractivity contribution in [2.45, 2.75) is 212 Å². The van der Waals surface area contributed by atoms with E-state index in [0.29, 0.717) is 55.4 Å². The monoisotopic (exact) mass is 1520 g/mol. The zero-order valence-corrected chi connectivity index (χ0v) is 66.8. The highest BCUT2D eigenvalue weighted by molar-refractivity contribution is 7.98. The maximum Gasteiger partial charge on any atom is 0.317 e. The number of hydrogen-bond donors (Lipinski definition) is 0. The van der Waals surface area contributed by atoms with E-state index in [4.69, 9.17) is 18.9 Å². The van der Waals surface area contributed by atoms with Crippen LogP contribution in [-0.2, 0) is 62.8 Å². The van der Waals surface area contributed by atoms with Crippen LogP contribution in [0.4, 0.5) is 0 Å². The predicted molar refractivity (Wildman–Crippen MR) is 445 cm³/mol. The van der Waals surface area contributed by atoms with Gasteiger partial charge < -0.3 is 18.9 Å². The zero-order chi connectivity index (χ0) is 72.5. The van der Waals surface area contributed by atoms with E-state index in [1.165, 1.54) is 228 Å². The molecule has 12 bridgehead atoms. The summed E-state index contributed by atoms with van der Waals surface area (Å²) in [4.78, 5) is 58.4. The largest absolute Gasteiger partial charge is 0.426 e. The number of esters is 4. The second-order valence-electron chi connectivity index (χ2n) is 36.1. The lowest BCUT2D eigenvalue weighted by molar-refractivity contribution is -0.162. The van der Waals surface area contributed by atoms with Crippen LogP contribution in [0.1, 0.15) is 193 Å². The Bertz CT molecular complexity index is 4600. The standard InChI is InChI=1S/C26H31O2S.C25H29O2S.C23H27O2S.C22H25O2S/c27-25(26-15-18-12-19(16-26)14-20(13-18)17-26)28-23-8-9-24(29-10-4-1-5-11-29)22-7-3-2-6-21(22)23;26-24(25-14-17-11-18(15-25)13-19(12-17)16-25)27-22-7-8-23(28-9-3-4-10-28)21-6-2-1-5-20(21)22;24-23(20-15-16-8-9-17(20)14-16)25-21-10-11-22(26-12-4-1-5-13-26)19-7-3-2-6-18(19)21;23-22(19-14-15-7-8-16(19)13-15)24-20-9-10-21(25-11-3-4-12-25)18-6-2-1-5-17(18)20/h2-3,6-9,18-20H,1,4-5,10-17H2;1-2,5-8,17-19H,3-4,9-16H2;2-3,6-7,10-11,16-17,20H,1,4-5,8-9,12-15H2;1-2,5-6,9-10,15-16,19H,3-4,7-8,11-14H2/q4*+1. The maximum absolute atomic E-state index is 13.5. The van der Waals surface area contributed by atoms with Gasteiger partial charge in [-0.25, -0.2) is 0 Å². The third-order valence-corrected chi connectivity index (χ3v) is 39.3. The summed E-state index contributed by atoms with van der Waals surface area (Å²) in [5, 5.41) is 9.63. The molecule has 12 aliphatic carbocycles. The molecule has 0 aromatic heterocycles. The van der Waals surface area contributed by atoms with E-state index in [2.05, 4.69) is 140 Å². The highest BCUT2D eigenvalue weighted by Gasteiger charge is 2.58. The Morgan fingerprint density at radius 2 is 0.509 bits per heavy atom. The van der Waals surface area contributed by atoms with Gasteiger partial charge in [0.2, 0.25) is 0 Å². The lowest BCUT2D eigenvalue weighted by atomic mass is 9.49. The van der Waals surface area contributed by atoms with Gasteiger partial charge in [0.1, 0.15) is 69.0 Å². The number of hydrogen-bond acceptors (Lipinski definition) is 8. The Morgan fingerprint density at radius 3 is 0.759 bits per heavy atom. The molecule has 0 radical (unpaired) electrons. The zero-order valence-electron chi connectivity index (χ0n) is 63.6. The van der Waals surface area contributed by atoms with E-state index in [0.717, 1.165) is 143 Å². The van der Waals surface area contributed by atoms with Gasteiger partial charge in [-0.05, 0) is 312 Å². The van der Waals surface area contributed by atoms with Crippen molar-refractivity contribution in [3.8, 4) is 23.0 Å². The Balaban J connectivity index is 0.0000000982. The van der Waals surface area contributed by atoms with E-state index < -0.39 is 0 Å². The number of carbonyl (C=O) groups excluding carboxylic acids is 4. The molecule has 4 aliphatic heterocycles. The highest BCUT2D eigenvalue weighted by Crippen LogP contribution is 2.62. The molecule has 4 heterocycles. The van der Waals surface area contributed by atoms with Crippen LogP contribution in [0.2, 0.25) is 0 Å². The number of fused-ring (bicyclic) bond motifs is 8. The van der Waals surface area contributed by atoms with Crippen molar-refractivity contribution in [3.63, 3.8) is 0 Å². The van der Waals surface area contributed by atoms with Crippen molar-refractivity contribution in [2.24, 2.45) is 81.8 Å². The van der Waals surface area contributed by atoms with E-state index >= 15 is 0 Å². The van der Waals surface area contributed by atoms with E-state index in [1.54, 1.807) is 0 Å². The summed E-state index contributed by atoms with van der Waals surface area (Å²) in [7, 11) is 1.43. The van der Waals surface area contributed by atoms with Gasteiger partial charge in [0, 0.05) is 86.7 Å². The van der Waals surface area contributed by atoms with Gasteiger partial charge in [0.25, 0.3) is 0 Å². The van der Waals surface area contributed by atoms with E-state index in [-0.39, 0.29) is 46.5 Å². The van der Waals surface area contributed by atoms with Crippen molar-refractivity contribution in [2.75, 3.05) is 46.0 Å². The molecular formula is C96H112O8S4+4. The average Bonchev–Trinajstić information content (AvgIpc) is 0.855. The molecule has 12 saturated carbocycles. The Hall–Kier alpha value is -5.92. The molecule has 0 spiro atoms. The first-order valence-electron chi connectivity index (χ1n) is 42.6. The summed E-state index contributed by atoms with van der Waals surface area (Å²) in [6.45, 7) is 0. The Labute approximate surface area is 652 Å². The molecule has 16 aliphatic rings. The number of benzene rings is 8. The minimum absolute atomic E-state index is 0.00779. The van der Waals surface area contributed by atoms with Crippen LogP contribution in [0.15, 0.2) is 165 Å². The molecule has 564 valence electrons. The lowest BCUT2D eigenvalue weighted by Gasteiger charge is -2.55. The number of carbonyl (C=O) groups is 4.